The van der Waals surface area contributed by atoms with Crippen molar-refractivity contribution in [1.29, 1.82) is 5.41 Å². The Morgan fingerprint density at radius 2 is 1.76 bits per heavy atom. The number of nitrogens with two attached hydrogens (primary N) is 1. The molecule has 1 atom stereocenters. The van der Waals surface area contributed by atoms with Crippen molar-refractivity contribution in [3.8, 4) is 11.1 Å². The van der Waals surface area contributed by atoms with Gasteiger partial charge in [-0.1, -0.05) is 48.0 Å². The molecule has 0 aliphatic heterocycles. The summed E-state index contributed by atoms with van der Waals surface area (Å²) in [4.78, 5) is 13.4. The molecule has 12 heteroatoms. The number of hydrogen-bond acceptors (Lipinski definition) is 8. The molecule has 37 heavy (non-hydrogen) atoms. The first-order valence-corrected chi connectivity index (χ1v) is 15.1. The van der Waals surface area contributed by atoms with Gasteiger partial charge in [-0.3, -0.25) is 4.79 Å². The first-order valence-electron chi connectivity index (χ1n) is 10.9. The number of anilines is 2. The molecule has 1 amide bonds. The molecule has 3 aromatic rings. The maximum atomic E-state index is 13.2. The Hall–Kier alpha value is -3.41. The fourth-order valence-electron chi connectivity index (χ4n) is 3.81. The maximum absolute atomic E-state index is 13.2. The van der Waals surface area contributed by atoms with Gasteiger partial charge in [-0.25, -0.2) is 21.1 Å². The van der Waals surface area contributed by atoms with E-state index in [9.17, 15) is 21.6 Å². The summed E-state index contributed by atoms with van der Waals surface area (Å²) in [5.41, 5.74) is 8.67. The van der Waals surface area contributed by atoms with Crippen LogP contribution in [0.4, 0.5) is 11.4 Å². The lowest BCUT2D eigenvalue weighted by molar-refractivity contribution is -0.126. The third-order valence-electron chi connectivity index (χ3n) is 5.80. The van der Waals surface area contributed by atoms with Crippen LogP contribution in [0.25, 0.3) is 11.1 Å². The van der Waals surface area contributed by atoms with Crippen LogP contribution >= 0.6 is 11.6 Å². The van der Waals surface area contributed by atoms with Crippen molar-refractivity contribution in [3.05, 3.63) is 76.8 Å². The second kappa shape index (κ2) is 10.9. The number of benzene rings is 3. The molecule has 0 heterocycles. The molecular weight excluding hydrogens is 536 g/mol. The second-order valence-electron chi connectivity index (χ2n) is 8.50. The number of hydrogen-bond donors (Lipinski definition) is 3. The van der Waals surface area contributed by atoms with Gasteiger partial charge in [0.25, 0.3) is 5.91 Å². The van der Waals surface area contributed by atoms with Crippen molar-refractivity contribution in [2.24, 2.45) is 0 Å². The molecule has 0 aliphatic carbocycles. The number of nitrogens with zero attached hydrogens (tertiary/aromatic N) is 1. The number of carbonyl (C=O) groups is 1. The summed E-state index contributed by atoms with van der Waals surface area (Å²) in [6.07, 6.45) is 3.14. The highest BCUT2D eigenvalue weighted by molar-refractivity contribution is 7.90. The Morgan fingerprint density at radius 3 is 2.35 bits per heavy atom. The molecule has 0 bridgehead atoms. The van der Waals surface area contributed by atoms with Crippen LogP contribution in [0.2, 0.25) is 5.02 Å². The number of nitrogen functional groups attached to an aromatic ring is 1. The van der Waals surface area contributed by atoms with Crippen LogP contribution in [0.3, 0.4) is 0 Å². The van der Waals surface area contributed by atoms with Gasteiger partial charge >= 0.3 is 0 Å². The van der Waals surface area contributed by atoms with E-state index in [-0.39, 0.29) is 16.3 Å². The van der Waals surface area contributed by atoms with Crippen LogP contribution in [-0.4, -0.2) is 58.9 Å². The van der Waals surface area contributed by atoms with Gasteiger partial charge in [0, 0.05) is 42.8 Å². The number of likely N-dealkylation sites (N-methyl/N-ethyl adjacent to an activating group) is 1. The minimum atomic E-state index is -3.84. The highest BCUT2D eigenvalue weighted by Gasteiger charge is 2.29. The van der Waals surface area contributed by atoms with Crippen LogP contribution < -0.4 is 11.1 Å². The zero-order valence-electron chi connectivity index (χ0n) is 20.4. The predicted molar refractivity (Wildman–Crippen MR) is 147 cm³/mol. The van der Waals surface area contributed by atoms with Crippen LogP contribution in [0.15, 0.2) is 65.6 Å². The van der Waals surface area contributed by atoms with Gasteiger partial charge in [-0.15, -0.1) is 0 Å². The van der Waals surface area contributed by atoms with E-state index in [1.807, 2.05) is 0 Å². The van der Waals surface area contributed by atoms with Gasteiger partial charge in [0.05, 0.1) is 21.9 Å². The Balaban J connectivity index is 2.03. The Labute approximate surface area is 221 Å². The number of sulfonamides is 1. The van der Waals surface area contributed by atoms with Gasteiger partial charge in [0.15, 0.2) is 9.84 Å². The lowest BCUT2D eigenvalue weighted by atomic mass is 9.98. The van der Waals surface area contributed by atoms with E-state index in [2.05, 4.69) is 5.32 Å². The van der Waals surface area contributed by atoms with E-state index in [0.29, 0.717) is 37.9 Å². The third kappa shape index (κ3) is 6.48. The summed E-state index contributed by atoms with van der Waals surface area (Å²) in [6.45, 7) is 0. The van der Waals surface area contributed by atoms with E-state index in [1.54, 1.807) is 54.6 Å². The standard InChI is InChI=1S/C25H27ClN4O5S2/c1-30(37(3,34)35)25(31)23(14-16-7-6-9-21(28)19(16)15-27)29-22-12-11-17(13-20(22)26)18-8-4-5-10-24(18)36(2,32)33/h4-13,15,23,27,29H,14,28H2,1-3H3/t23-/m0/s1. The Morgan fingerprint density at radius 1 is 1.08 bits per heavy atom. The zero-order valence-corrected chi connectivity index (χ0v) is 22.8. The van der Waals surface area contributed by atoms with Crippen LogP contribution in [0.1, 0.15) is 11.1 Å². The molecule has 0 saturated carbocycles. The number of carbonyl (C=O) groups excluding carboxylic acids is 1. The van der Waals surface area contributed by atoms with Crippen molar-refractivity contribution in [2.45, 2.75) is 17.4 Å². The molecule has 3 aromatic carbocycles. The van der Waals surface area contributed by atoms with Crippen molar-refractivity contribution in [1.82, 2.24) is 4.31 Å². The SMILES string of the molecule is CN(C(=O)[C@H](Cc1cccc(N)c1C=N)Nc1ccc(-c2ccccc2S(C)(=O)=O)cc1Cl)S(C)(=O)=O. The average molecular weight is 563 g/mol. The van der Waals surface area contributed by atoms with Crippen molar-refractivity contribution >= 4 is 55.0 Å². The first kappa shape index (κ1) is 28.2. The lowest BCUT2D eigenvalue weighted by Crippen LogP contribution is -2.44. The third-order valence-corrected chi connectivity index (χ3v) is 8.44. The molecule has 0 unspecified atom stereocenters. The lowest BCUT2D eigenvalue weighted by Gasteiger charge is -2.25. The molecule has 4 N–H and O–H groups in total. The molecule has 0 radical (unpaired) electrons. The fourth-order valence-corrected chi connectivity index (χ4v) is 5.41. The summed E-state index contributed by atoms with van der Waals surface area (Å²) in [6, 6.07) is 15.3. The van der Waals surface area contributed by atoms with E-state index >= 15 is 0 Å². The normalized spacial score (nSPS) is 12.5. The zero-order chi connectivity index (χ0) is 27.5. The van der Waals surface area contributed by atoms with E-state index < -0.39 is 31.8 Å². The molecule has 9 nitrogen and oxygen atoms in total. The maximum Gasteiger partial charge on any atom is 0.258 e. The van der Waals surface area contributed by atoms with Gasteiger partial charge in [-0.05, 0) is 35.4 Å². The predicted octanol–water partition coefficient (Wildman–Crippen LogP) is 3.43. The summed E-state index contributed by atoms with van der Waals surface area (Å²) in [7, 11) is -6.18. The van der Waals surface area contributed by atoms with Gasteiger partial charge < -0.3 is 16.5 Å². The molecule has 0 saturated heterocycles. The summed E-state index contributed by atoms with van der Waals surface area (Å²) in [5, 5.41) is 10.9. The molecule has 196 valence electrons. The van der Waals surface area contributed by atoms with Crippen molar-refractivity contribution in [2.75, 3.05) is 30.6 Å². The smallest absolute Gasteiger partial charge is 0.258 e. The summed E-state index contributed by atoms with van der Waals surface area (Å²) < 4.78 is 49.3. The van der Waals surface area contributed by atoms with Crippen LogP contribution in [0.5, 0.6) is 0 Å². The van der Waals surface area contributed by atoms with E-state index in [4.69, 9.17) is 22.7 Å². The molecule has 0 spiro atoms. The highest BCUT2D eigenvalue weighted by Crippen LogP contribution is 2.33. The molecule has 0 fully saturated rings. The molecular formula is C25H27ClN4O5S2. The fraction of sp³-hybridized carbons (Fsp3) is 0.200. The quantitative estimate of drug-likeness (QED) is 0.267. The van der Waals surface area contributed by atoms with Crippen molar-refractivity contribution in [3.63, 3.8) is 0 Å². The highest BCUT2D eigenvalue weighted by atomic mass is 35.5. The van der Waals surface area contributed by atoms with Gasteiger partial charge in [0.1, 0.15) is 6.04 Å². The Kier molecular flexibility index (Phi) is 8.31. The number of amides is 1. The first-order chi connectivity index (χ1) is 17.2. The summed E-state index contributed by atoms with van der Waals surface area (Å²) in [5.74, 6) is -0.733. The monoisotopic (exact) mass is 562 g/mol. The van der Waals surface area contributed by atoms with Gasteiger partial charge in [0.2, 0.25) is 10.0 Å². The largest absolute Gasteiger partial charge is 0.398 e. The van der Waals surface area contributed by atoms with Crippen LogP contribution in [0, 0.1) is 5.41 Å². The molecule has 0 aromatic heterocycles. The molecule has 3 rings (SSSR count). The number of nitrogens with one attached hydrogen (secondary N) is 2. The minimum Gasteiger partial charge on any atom is -0.398 e. The molecule has 0 aliphatic rings. The number of sulfone groups is 1. The van der Waals surface area contributed by atoms with Gasteiger partial charge in [-0.2, -0.15) is 0 Å². The van der Waals surface area contributed by atoms with Crippen LogP contribution in [-0.2, 0) is 31.1 Å². The summed E-state index contributed by atoms with van der Waals surface area (Å²) >= 11 is 6.54. The van der Waals surface area contributed by atoms with E-state index in [1.165, 1.54) is 6.07 Å². The Bertz CT molecular complexity index is 1570. The van der Waals surface area contributed by atoms with Crippen molar-refractivity contribution < 1.29 is 21.6 Å². The average Bonchev–Trinajstić information content (AvgIpc) is 2.82. The minimum absolute atomic E-state index is 0.0173. The topological polar surface area (TPSA) is 150 Å². The second-order valence-corrected chi connectivity index (χ2v) is 12.9. The number of halogens is 1. The number of rotatable bonds is 9. The van der Waals surface area contributed by atoms with E-state index in [0.717, 1.165) is 25.8 Å².